The van der Waals surface area contributed by atoms with E-state index >= 15 is 0 Å². The van der Waals surface area contributed by atoms with E-state index in [0.29, 0.717) is 47.2 Å². The fourth-order valence-corrected chi connectivity index (χ4v) is 4.89. The molecule has 0 atom stereocenters. The van der Waals surface area contributed by atoms with Crippen LogP contribution in [0.1, 0.15) is 36.7 Å². The standard InChI is InChI=1S/C25H26N2O5S/c1-15-18(25(29)27-10-8-22-16(14-27)9-11-33-22)6-5-7-19(15)26-24(28)17-12-20(30-2)23(32-4)21(13-17)31-3/h5-7,9,11-13H,8,10,14H2,1-4H3,(H,26,28). The summed E-state index contributed by atoms with van der Waals surface area (Å²) in [6.07, 6.45) is 0.870. The number of carbonyl (C=O) groups is 2. The predicted octanol–water partition coefficient (Wildman–Crippen LogP) is 4.53. The lowest BCUT2D eigenvalue weighted by molar-refractivity contribution is 0.0735. The molecule has 0 unspecified atom stereocenters. The first-order valence-electron chi connectivity index (χ1n) is 10.5. The number of thiophene rings is 1. The highest BCUT2D eigenvalue weighted by atomic mass is 32.1. The fourth-order valence-electron chi connectivity index (χ4n) is 4.00. The zero-order valence-corrected chi connectivity index (χ0v) is 19.9. The van der Waals surface area contributed by atoms with Gasteiger partial charge in [-0.15, -0.1) is 11.3 Å². The van der Waals surface area contributed by atoms with E-state index in [-0.39, 0.29) is 11.8 Å². The minimum Gasteiger partial charge on any atom is -0.493 e. The molecule has 0 saturated carbocycles. The number of ether oxygens (including phenoxy) is 3. The van der Waals surface area contributed by atoms with E-state index in [9.17, 15) is 9.59 Å². The number of hydrogen-bond acceptors (Lipinski definition) is 6. The third kappa shape index (κ3) is 4.39. The fraction of sp³-hybridized carbons (Fsp3) is 0.280. The van der Waals surface area contributed by atoms with E-state index in [1.54, 1.807) is 41.7 Å². The van der Waals surface area contributed by atoms with Gasteiger partial charge in [-0.05, 0) is 60.2 Å². The molecular formula is C25H26N2O5S. The molecule has 0 spiro atoms. The van der Waals surface area contributed by atoms with Gasteiger partial charge in [0.25, 0.3) is 11.8 Å². The van der Waals surface area contributed by atoms with Gasteiger partial charge in [0.2, 0.25) is 5.75 Å². The molecule has 0 bridgehead atoms. The van der Waals surface area contributed by atoms with Crippen LogP contribution in [0.3, 0.4) is 0 Å². The molecule has 2 aromatic carbocycles. The quantitative estimate of drug-likeness (QED) is 0.578. The SMILES string of the molecule is COc1cc(C(=O)Nc2cccc(C(=O)N3CCc4sccc4C3)c2C)cc(OC)c1OC. The lowest BCUT2D eigenvalue weighted by Crippen LogP contribution is -2.35. The van der Waals surface area contributed by atoms with Crippen LogP contribution in [-0.4, -0.2) is 44.6 Å². The molecule has 1 aliphatic heterocycles. The van der Waals surface area contributed by atoms with Crippen molar-refractivity contribution >= 4 is 28.8 Å². The maximum atomic E-state index is 13.3. The van der Waals surface area contributed by atoms with Crippen molar-refractivity contribution in [2.45, 2.75) is 19.9 Å². The molecule has 172 valence electrons. The zero-order valence-electron chi connectivity index (χ0n) is 19.1. The van der Waals surface area contributed by atoms with Crippen molar-refractivity contribution in [2.24, 2.45) is 0 Å². The summed E-state index contributed by atoms with van der Waals surface area (Å²) in [4.78, 5) is 29.5. The molecule has 1 aliphatic rings. The Balaban J connectivity index is 1.57. The summed E-state index contributed by atoms with van der Waals surface area (Å²) >= 11 is 1.74. The van der Waals surface area contributed by atoms with E-state index < -0.39 is 0 Å². The monoisotopic (exact) mass is 466 g/mol. The summed E-state index contributed by atoms with van der Waals surface area (Å²) in [6.45, 7) is 3.14. The van der Waals surface area contributed by atoms with Crippen molar-refractivity contribution in [3.8, 4) is 17.2 Å². The van der Waals surface area contributed by atoms with Gasteiger partial charge in [-0.25, -0.2) is 0 Å². The van der Waals surface area contributed by atoms with Gasteiger partial charge in [-0.3, -0.25) is 9.59 Å². The highest BCUT2D eigenvalue weighted by Gasteiger charge is 2.25. The second-order valence-electron chi connectivity index (χ2n) is 7.69. The van der Waals surface area contributed by atoms with Crippen molar-refractivity contribution in [3.63, 3.8) is 0 Å². The molecule has 33 heavy (non-hydrogen) atoms. The highest BCUT2D eigenvalue weighted by Crippen LogP contribution is 2.38. The number of carbonyl (C=O) groups excluding carboxylic acids is 2. The van der Waals surface area contributed by atoms with Crippen LogP contribution in [-0.2, 0) is 13.0 Å². The van der Waals surface area contributed by atoms with Crippen LogP contribution < -0.4 is 19.5 Å². The summed E-state index contributed by atoms with van der Waals surface area (Å²) in [5, 5.41) is 4.99. The van der Waals surface area contributed by atoms with Gasteiger partial charge >= 0.3 is 0 Å². The molecule has 1 aromatic heterocycles. The van der Waals surface area contributed by atoms with Crippen molar-refractivity contribution < 1.29 is 23.8 Å². The molecule has 2 amide bonds. The molecule has 3 aromatic rings. The smallest absolute Gasteiger partial charge is 0.255 e. The molecule has 0 aliphatic carbocycles. The van der Waals surface area contributed by atoms with Crippen molar-refractivity contribution in [3.05, 3.63) is 68.9 Å². The van der Waals surface area contributed by atoms with Crippen LogP contribution in [0.2, 0.25) is 0 Å². The minimum absolute atomic E-state index is 0.0340. The maximum absolute atomic E-state index is 13.3. The van der Waals surface area contributed by atoms with Crippen molar-refractivity contribution in [2.75, 3.05) is 33.2 Å². The van der Waals surface area contributed by atoms with E-state index in [4.69, 9.17) is 14.2 Å². The second-order valence-corrected chi connectivity index (χ2v) is 8.69. The van der Waals surface area contributed by atoms with Crippen LogP contribution in [0.5, 0.6) is 17.2 Å². The van der Waals surface area contributed by atoms with Crippen molar-refractivity contribution in [1.29, 1.82) is 0 Å². The number of fused-ring (bicyclic) bond motifs is 1. The Morgan fingerprint density at radius 1 is 1.03 bits per heavy atom. The van der Waals surface area contributed by atoms with Gasteiger partial charge in [-0.2, -0.15) is 0 Å². The van der Waals surface area contributed by atoms with Gasteiger partial charge in [-0.1, -0.05) is 6.07 Å². The summed E-state index contributed by atoms with van der Waals surface area (Å²) in [5.41, 5.74) is 3.44. The molecule has 1 N–H and O–H groups in total. The molecular weight excluding hydrogens is 440 g/mol. The van der Waals surface area contributed by atoms with Gasteiger partial charge < -0.3 is 24.4 Å². The molecule has 0 fully saturated rings. The number of methoxy groups -OCH3 is 3. The first-order valence-corrected chi connectivity index (χ1v) is 11.4. The minimum atomic E-state index is -0.345. The lowest BCUT2D eigenvalue weighted by Gasteiger charge is -2.28. The third-order valence-corrected chi connectivity index (χ3v) is 6.86. The Bertz CT molecular complexity index is 1180. The van der Waals surface area contributed by atoms with Crippen LogP contribution in [0, 0.1) is 6.92 Å². The van der Waals surface area contributed by atoms with Gasteiger partial charge in [0.15, 0.2) is 11.5 Å². The Hall–Kier alpha value is -3.52. The summed E-state index contributed by atoms with van der Waals surface area (Å²) in [5.74, 6) is 0.813. The third-order valence-electron chi connectivity index (χ3n) is 5.83. The Kier molecular flexibility index (Phi) is 6.55. The summed E-state index contributed by atoms with van der Waals surface area (Å²) in [6, 6.07) is 10.6. The van der Waals surface area contributed by atoms with Crippen LogP contribution in [0.15, 0.2) is 41.8 Å². The van der Waals surface area contributed by atoms with Gasteiger partial charge in [0.1, 0.15) is 0 Å². The van der Waals surface area contributed by atoms with E-state index in [0.717, 1.165) is 12.0 Å². The number of amides is 2. The highest BCUT2D eigenvalue weighted by molar-refractivity contribution is 7.10. The first-order chi connectivity index (χ1) is 16.0. The number of benzene rings is 2. The van der Waals surface area contributed by atoms with E-state index in [1.807, 2.05) is 11.8 Å². The maximum Gasteiger partial charge on any atom is 0.255 e. The molecule has 8 heteroatoms. The first kappa shape index (κ1) is 22.7. The molecule has 7 nitrogen and oxygen atoms in total. The Morgan fingerprint density at radius 3 is 2.42 bits per heavy atom. The number of rotatable bonds is 6. The summed E-state index contributed by atoms with van der Waals surface area (Å²) in [7, 11) is 4.50. The van der Waals surface area contributed by atoms with E-state index in [2.05, 4.69) is 16.8 Å². The van der Waals surface area contributed by atoms with E-state index in [1.165, 1.54) is 31.8 Å². The topological polar surface area (TPSA) is 77.1 Å². The number of nitrogens with zero attached hydrogens (tertiary/aromatic N) is 1. The van der Waals surface area contributed by atoms with Crippen molar-refractivity contribution in [1.82, 2.24) is 4.90 Å². The van der Waals surface area contributed by atoms with Gasteiger partial charge in [0.05, 0.1) is 21.3 Å². The normalized spacial score (nSPS) is 12.7. The van der Waals surface area contributed by atoms with Gasteiger partial charge in [0, 0.05) is 34.8 Å². The largest absolute Gasteiger partial charge is 0.493 e. The van der Waals surface area contributed by atoms with Crippen LogP contribution in [0.25, 0.3) is 0 Å². The molecule has 4 rings (SSSR count). The predicted molar refractivity (Wildman–Crippen MR) is 128 cm³/mol. The molecule has 0 saturated heterocycles. The lowest BCUT2D eigenvalue weighted by atomic mass is 10.0. The number of nitrogens with one attached hydrogen (secondary N) is 1. The zero-order chi connectivity index (χ0) is 23.5. The van der Waals surface area contributed by atoms with Crippen LogP contribution >= 0.6 is 11.3 Å². The average molecular weight is 467 g/mol. The average Bonchev–Trinajstić information content (AvgIpc) is 3.31. The Labute approximate surface area is 196 Å². The number of anilines is 1. The van der Waals surface area contributed by atoms with Crippen LogP contribution in [0.4, 0.5) is 5.69 Å². The molecule has 2 heterocycles. The Morgan fingerprint density at radius 2 is 1.76 bits per heavy atom. The number of hydrogen-bond donors (Lipinski definition) is 1. The summed E-state index contributed by atoms with van der Waals surface area (Å²) < 4.78 is 16.0. The molecule has 0 radical (unpaired) electrons. The second kappa shape index (κ2) is 9.54.